The first kappa shape index (κ1) is 27.1. The van der Waals surface area contributed by atoms with Crippen LogP contribution in [0.2, 0.25) is 0 Å². The second kappa shape index (κ2) is 7.67. The molecule has 2 rings (SSSR count). The van der Waals surface area contributed by atoms with Gasteiger partial charge in [-0.2, -0.15) is 0 Å². The average Bonchev–Trinajstić information content (AvgIpc) is 2.53. The summed E-state index contributed by atoms with van der Waals surface area (Å²) in [4.78, 5) is 0. The summed E-state index contributed by atoms with van der Waals surface area (Å²) in [7, 11) is -1.16. The van der Waals surface area contributed by atoms with Crippen LogP contribution in [0.15, 0.2) is 0 Å². The molecule has 0 saturated carbocycles. The van der Waals surface area contributed by atoms with Crippen molar-refractivity contribution in [3.63, 3.8) is 0 Å². The third-order valence-electron chi connectivity index (χ3n) is 4.60. The highest BCUT2D eigenvalue weighted by atomic mass is 33.4. The van der Waals surface area contributed by atoms with Crippen LogP contribution < -0.4 is 0 Å². The van der Waals surface area contributed by atoms with E-state index in [0.717, 1.165) is 0 Å². The Morgan fingerprint density at radius 2 is 0.714 bits per heavy atom. The van der Waals surface area contributed by atoms with Crippen molar-refractivity contribution >= 4 is 49.7 Å². The highest BCUT2D eigenvalue weighted by molar-refractivity contribution is 9.40. The quantitative estimate of drug-likeness (QED) is 0.292. The summed E-state index contributed by atoms with van der Waals surface area (Å²) < 4.78 is 15.5. The zero-order valence-corrected chi connectivity index (χ0v) is 27.3. The Hall–Kier alpha value is 2.81. The first-order valence-electron chi connectivity index (χ1n) is 10.4. The summed E-state index contributed by atoms with van der Waals surface area (Å²) in [6.45, 7) is 36.8. The van der Waals surface area contributed by atoms with Crippen molar-refractivity contribution in [3.8, 4) is 0 Å². The lowest BCUT2D eigenvalue weighted by atomic mass is 10.3. The summed E-state index contributed by atoms with van der Waals surface area (Å²) in [5.74, 6) is 0. The molecule has 0 aliphatic carbocycles. The summed E-state index contributed by atoms with van der Waals surface area (Å²) in [6, 6.07) is 0. The van der Waals surface area contributed by atoms with Crippen LogP contribution in [0.5, 0.6) is 0 Å². The van der Waals surface area contributed by atoms with Gasteiger partial charge in [0.25, 0.3) is 0 Å². The maximum atomic E-state index is 15.5. The van der Waals surface area contributed by atoms with Gasteiger partial charge in [-0.25, -0.2) is 0 Å². The van der Waals surface area contributed by atoms with E-state index in [2.05, 4.69) is 104 Å². The molecule has 0 amide bonds. The van der Waals surface area contributed by atoms with E-state index in [4.69, 9.17) is 0 Å². The van der Waals surface area contributed by atoms with Gasteiger partial charge in [0, 0.05) is 21.6 Å². The summed E-state index contributed by atoms with van der Waals surface area (Å²) >= 11 is 0. The second-order valence-corrected chi connectivity index (χ2v) is 55.3. The highest BCUT2D eigenvalue weighted by Gasteiger charge is 2.79. The maximum absolute atomic E-state index is 15.5. The molecule has 8 heteroatoms. The lowest BCUT2D eigenvalue weighted by Gasteiger charge is -2.62. The van der Waals surface area contributed by atoms with Crippen LogP contribution in [0.1, 0.15) is 104 Å². The zero-order valence-electron chi connectivity index (χ0n) is 21.0. The molecule has 2 saturated heterocycles. The van der Waals surface area contributed by atoms with Crippen molar-refractivity contribution in [2.45, 2.75) is 130 Å². The fraction of sp³-hybridized carbons (Fsp3) is 1.00. The van der Waals surface area contributed by atoms with Crippen molar-refractivity contribution in [1.82, 2.24) is 0 Å². The smallest absolute Gasteiger partial charge is 0.165 e. The molecule has 0 bridgehead atoms. The Labute approximate surface area is 183 Å². The predicted molar refractivity (Wildman–Crippen MR) is 148 cm³/mol. The Morgan fingerprint density at radius 1 is 0.429 bits per heavy atom. The fourth-order valence-electron chi connectivity index (χ4n) is 3.98. The molecule has 0 aromatic rings. The third-order valence-corrected chi connectivity index (χ3v) is 98.5. The molecule has 0 radical (unpaired) electrons. The van der Waals surface area contributed by atoms with Gasteiger partial charge >= 0.3 is 0 Å². The normalized spacial score (nSPS) is 40.2. The van der Waals surface area contributed by atoms with Crippen LogP contribution in [0, 0.1) is 0 Å². The Bertz CT molecular complexity index is 654. The van der Waals surface area contributed by atoms with E-state index >= 15 is 4.57 Å². The van der Waals surface area contributed by atoms with Crippen LogP contribution in [-0.2, 0) is 4.57 Å². The highest BCUT2D eigenvalue weighted by Crippen LogP contribution is 3.48. The molecule has 2 aliphatic heterocycles. The minimum atomic E-state index is -2.09. The van der Waals surface area contributed by atoms with E-state index in [1.54, 1.807) is 0 Å². The van der Waals surface area contributed by atoms with Crippen LogP contribution >= 0.6 is 49.7 Å². The van der Waals surface area contributed by atoms with Gasteiger partial charge in [-0.05, 0) is 47.7 Å². The van der Waals surface area contributed by atoms with Gasteiger partial charge in [0.05, 0.1) is 0 Å². The molecule has 28 heavy (non-hydrogen) atoms. The molecule has 2 heterocycles. The van der Waals surface area contributed by atoms with E-state index in [-0.39, 0.29) is 46.5 Å². The monoisotopic (exact) mass is 518 g/mol. The first-order valence-corrected chi connectivity index (χ1v) is 25.8. The lowest BCUT2D eigenvalue weighted by molar-refractivity contribution is 0.599. The van der Waals surface area contributed by atoms with Crippen LogP contribution in [0.4, 0.5) is 0 Å². The molecule has 2 fully saturated rings. The maximum Gasteiger partial charge on any atom is 0.165 e. The Kier molecular flexibility index (Phi) is 7.41. The zero-order chi connectivity index (χ0) is 22.5. The molecule has 0 aromatic carbocycles. The number of fused-ring (bicyclic) bond motifs is 1. The predicted octanol–water partition coefficient (Wildman–Crippen LogP) is 12.6. The van der Waals surface area contributed by atoms with Crippen LogP contribution in [-0.4, -0.2) is 25.8 Å². The van der Waals surface area contributed by atoms with Gasteiger partial charge in [0.1, 0.15) is 0 Å². The topological polar surface area (TPSA) is 17.1 Å². The average molecular weight is 518 g/mol. The summed E-state index contributed by atoms with van der Waals surface area (Å²) in [6.07, 6.45) is -2.09. The molecule has 0 aromatic heterocycles. The van der Waals surface area contributed by atoms with Gasteiger partial charge in [0.15, 0.2) is 6.21 Å². The summed E-state index contributed by atoms with van der Waals surface area (Å²) in [5.41, 5.74) is 0. The van der Waals surface area contributed by atoms with E-state index in [0.29, 0.717) is 15.5 Å². The number of hydrogen-bond donors (Lipinski definition) is 0. The molecular weight excluding hydrogens is 473 g/mol. The number of rotatable bonds is 0. The van der Waals surface area contributed by atoms with Gasteiger partial charge < -0.3 is 4.57 Å². The van der Waals surface area contributed by atoms with Gasteiger partial charge in [-0.3, -0.25) is 0 Å². The van der Waals surface area contributed by atoms with Crippen LogP contribution in [0.25, 0.3) is 0 Å². The standard InChI is InChI=1S/C20H45OP7/c1-16(2,3)22-23(17(4,5)6)27-24(18(7,8)9)26(20(13,14)15)28(27,21)25(22)19(10,11)12/h1-15H3. The Morgan fingerprint density at radius 3 is 0.964 bits per heavy atom. The molecule has 2 aliphatic rings. The second-order valence-electron chi connectivity index (χ2n) is 13.1. The Balaban J connectivity index is 2.87. The molecule has 7 atom stereocenters. The van der Waals surface area contributed by atoms with E-state index in [1.165, 1.54) is 0 Å². The van der Waals surface area contributed by atoms with E-state index in [1.807, 2.05) is 0 Å². The minimum Gasteiger partial charge on any atom is -0.308 e. The molecule has 1 nitrogen and oxygen atoms in total. The largest absolute Gasteiger partial charge is 0.308 e. The first-order chi connectivity index (χ1) is 12.0. The van der Waals surface area contributed by atoms with Gasteiger partial charge in [-0.15, -0.1) is 0 Å². The van der Waals surface area contributed by atoms with Crippen molar-refractivity contribution in [2.24, 2.45) is 0 Å². The van der Waals surface area contributed by atoms with E-state index < -0.39 is 13.5 Å². The number of hydrogen-bond acceptors (Lipinski definition) is 1. The fourth-order valence-corrected chi connectivity index (χ4v) is 174. The SMILES string of the molecule is CC(C)(C)P1P(C(C)(C)C)P(C(C)(C)C)P2(=O)P1P(C(C)(C)C)P2C(C)(C)C. The third kappa shape index (κ3) is 4.44. The summed E-state index contributed by atoms with van der Waals surface area (Å²) in [5, 5.41) is 1.46. The lowest BCUT2D eigenvalue weighted by Crippen LogP contribution is -2.22. The van der Waals surface area contributed by atoms with Crippen LogP contribution in [0.3, 0.4) is 0 Å². The van der Waals surface area contributed by atoms with Crippen molar-refractivity contribution in [3.05, 3.63) is 0 Å². The van der Waals surface area contributed by atoms with Gasteiger partial charge in [0.2, 0.25) is 0 Å². The van der Waals surface area contributed by atoms with Crippen molar-refractivity contribution in [1.29, 1.82) is 0 Å². The molecule has 166 valence electrons. The molecule has 0 N–H and O–H groups in total. The molecule has 0 spiro atoms. The van der Waals surface area contributed by atoms with Gasteiger partial charge in [-0.1, -0.05) is 104 Å². The van der Waals surface area contributed by atoms with E-state index in [9.17, 15) is 0 Å². The minimum absolute atomic E-state index is 0.103. The van der Waals surface area contributed by atoms with Crippen molar-refractivity contribution in [2.75, 3.05) is 0 Å². The molecular formula is C20H45OP7. The molecule has 7 unspecified atom stereocenters. The van der Waals surface area contributed by atoms with Crippen molar-refractivity contribution < 1.29 is 4.57 Å².